The van der Waals surface area contributed by atoms with Gasteiger partial charge in [-0.25, -0.2) is 0 Å². The van der Waals surface area contributed by atoms with E-state index in [1.807, 2.05) is 25.3 Å². The topological polar surface area (TPSA) is 80.4 Å². The number of hydrogen-bond donors (Lipinski definition) is 2. The standard InChI is InChI=1S/C14H22N4O2/c1-4-11-13(19)16-5-6-17(11)14(20)12-7-10(15)8-18(12)9(2)3/h7-9,11H,4-6,15H2,1-3H3,(H,16,19). The van der Waals surface area contributed by atoms with Gasteiger partial charge < -0.3 is 20.5 Å². The maximum absolute atomic E-state index is 12.7. The number of nitrogens with zero attached hydrogens (tertiary/aromatic N) is 2. The molecular weight excluding hydrogens is 256 g/mol. The minimum atomic E-state index is -0.395. The van der Waals surface area contributed by atoms with Crippen LogP contribution in [0.15, 0.2) is 12.3 Å². The fourth-order valence-electron chi connectivity index (χ4n) is 2.61. The van der Waals surface area contributed by atoms with Crippen LogP contribution in [0, 0.1) is 0 Å². The second-order valence-electron chi connectivity index (χ2n) is 5.37. The first-order chi connectivity index (χ1) is 9.45. The molecule has 0 aliphatic carbocycles. The number of nitrogen functional groups attached to an aromatic ring is 1. The molecule has 1 aliphatic heterocycles. The number of anilines is 1. The molecule has 20 heavy (non-hydrogen) atoms. The van der Waals surface area contributed by atoms with Gasteiger partial charge in [-0.1, -0.05) is 6.92 Å². The molecule has 1 aliphatic rings. The molecule has 3 N–H and O–H groups in total. The van der Waals surface area contributed by atoms with Crippen LogP contribution in [-0.4, -0.2) is 40.4 Å². The number of amides is 2. The van der Waals surface area contributed by atoms with Gasteiger partial charge in [-0.3, -0.25) is 9.59 Å². The predicted octanol–water partition coefficient (Wildman–Crippen LogP) is 1.00. The van der Waals surface area contributed by atoms with E-state index in [4.69, 9.17) is 5.73 Å². The first kappa shape index (κ1) is 14.4. The van der Waals surface area contributed by atoms with Gasteiger partial charge in [0.15, 0.2) is 0 Å². The molecular formula is C14H22N4O2. The molecule has 1 aromatic rings. The number of hydrogen-bond acceptors (Lipinski definition) is 3. The van der Waals surface area contributed by atoms with Gasteiger partial charge in [0.05, 0.1) is 5.69 Å². The fourth-order valence-corrected chi connectivity index (χ4v) is 2.61. The Balaban J connectivity index is 2.32. The Morgan fingerprint density at radius 1 is 1.55 bits per heavy atom. The fraction of sp³-hybridized carbons (Fsp3) is 0.571. The smallest absolute Gasteiger partial charge is 0.271 e. The normalized spacial score (nSPS) is 19.3. The molecule has 1 saturated heterocycles. The van der Waals surface area contributed by atoms with Gasteiger partial charge in [0, 0.05) is 25.3 Å². The maximum Gasteiger partial charge on any atom is 0.271 e. The van der Waals surface area contributed by atoms with E-state index in [2.05, 4.69) is 5.32 Å². The van der Waals surface area contributed by atoms with E-state index in [1.165, 1.54) is 0 Å². The van der Waals surface area contributed by atoms with Crippen molar-refractivity contribution in [2.24, 2.45) is 0 Å². The first-order valence-corrected chi connectivity index (χ1v) is 7.01. The zero-order valence-corrected chi connectivity index (χ0v) is 12.2. The SMILES string of the molecule is CCC1C(=O)NCCN1C(=O)c1cc(N)cn1C(C)C. The maximum atomic E-state index is 12.7. The molecule has 1 unspecified atom stereocenters. The highest BCUT2D eigenvalue weighted by atomic mass is 16.2. The van der Waals surface area contributed by atoms with Crippen LogP contribution in [0.25, 0.3) is 0 Å². The lowest BCUT2D eigenvalue weighted by Crippen LogP contribution is -2.57. The van der Waals surface area contributed by atoms with E-state index < -0.39 is 6.04 Å². The molecule has 2 rings (SSSR count). The minimum absolute atomic E-state index is 0.0808. The van der Waals surface area contributed by atoms with Crippen LogP contribution in [0.1, 0.15) is 43.7 Å². The van der Waals surface area contributed by atoms with E-state index in [1.54, 1.807) is 17.2 Å². The Hall–Kier alpha value is -1.98. The Labute approximate surface area is 118 Å². The molecule has 2 amide bonds. The zero-order chi connectivity index (χ0) is 14.9. The Bertz CT molecular complexity index is 521. The van der Waals surface area contributed by atoms with Gasteiger partial charge in [0.25, 0.3) is 5.91 Å². The molecule has 1 atom stereocenters. The van der Waals surface area contributed by atoms with Gasteiger partial charge in [-0.15, -0.1) is 0 Å². The molecule has 6 heteroatoms. The summed E-state index contributed by atoms with van der Waals surface area (Å²) in [6.45, 7) is 6.93. The van der Waals surface area contributed by atoms with Crippen molar-refractivity contribution in [3.8, 4) is 0 Å². The summed E-state index contributed by atoms with van der Waals surface area (Å²) >= 11 is 0. The zero-order valence-electron chi connectivity index (χ0n) is 12.2. The first-order valence-electron chi connectivity index (χ1n) is 7.01. The van der Waals surface area contributed by atoms with Crippen molar-refractivity contribution in [1.29, 1.82) is 0 Å². The Kier molecular flexibility index (Phi) is 4.01. The highest BCUT2D eigenvalue weighted by Gasteiger charge is 2.33. The molecule has 6 nitrogen and oxygen atoms in total. The van der Waals surface area contributed by atoms with Crippen LogP contribution in [0.5, 0.6) is 0 Å². The Morgan fingerprint density at radius 3 is 2.85 bits per heavy atom. The highest BCUT2D eigenvalue weighted by molar-refractivity contribution is 5.98. The van der Waals surface area contributed by atoms with E-state index in [9.17, 15) is 9.59 Å². The third-order valence-electron chi connectivity index (χ3n) is 3.62. The predicted molar refractivity (Wildman–Crippen MR) is 77.4 cm³/mol. The molecule has 2 heterocycles. The Morgan fingerprint density at radius 2 is 2.25 bits per heavy atom. The number of nitrogens with one attached hydrogen (secondary N) is 1. The number of aromatic nitrogens is 1. The largest absolute Gasteiger partial charge is 0.397 e. The van der Waals surface area contributed by atoms with Crippen molar-refractivity contribution in [2.45, 2.75) is 39.3 Å². The summed E-state index contributed by atoms with van der Waals surface area (Å²) in [6.07, 6.45) is 2.37. The van der Waals surface area contributed by atoms with Crippen LogP contribution in [0.4, 0.5) is 5.69 Å². The van der Waals surface area contributed by atoms with Crippen molar-refractivity contribution >= 4 is 17.5 Å². The van der Waals surface area contributed by atoms with Crippen LogP contribution in [-0.2, 0) is 4.79 Å². The molecule has 0 spiro atoms. The second-order valence-corrected chi connectivity index (χ2v) is 5.37. The lowest BCUT2D eigenvalue weighted by molar-refractivity contribution is -0.127. The van der Waals surface area contributed by atoms with Crippen LogP contribution < -0.4 is 11.1 Å². The van der Waals surface area contributed by atoms with Crippen LogP contribution in [0.3, 0.4) is 0 Å². The third-order valence-corrected chi connectivity index (χ3v) is 3.62. The quantitative estimate of drug-likeness (QED) is 0.865. The van der Waals surface area contributed by atoms with Crippen molar-refractivity contribution in [2.75, 3.05) is 18.8 Å². The summed E-state index contributed by atoms with van der Waals surface area (Å²) in [5.74, 6) is -0.208. The minimum Gasteiger partial charge on any atom is -0.397 e. The van der Waals surface area contributed by atoms with Crippen molar-refractivity contribution in [3.05, 3.63) is 18.0 Å². The van der Waals surface area contributed by atoms with E-state index in [0.29, 0.717) is 30.9 Å². The summed E-state index contributed by atoms with van der Waals surface area (Å²) in [4.78, 5) is 26.2. The molecule has 0 aromatic carbocycles. The van der Waals surface area contributed by atoms with E-state index >= 15 is 0 Å². The number of nitrogens with two attached hydrogens (primary N) is 1. The van der Waals surface area contributed by atoms with Gasteiger partial charge >= 0.3 is 0 Å². The van der Waals surface area contributed by atoms with Crippen LogP contribution in [0.2, 0.25) is 0 Å². The second kappa shape index (κ2) is 5.56. The monoisotopic (exact) mass is 278 g/mol. The van der Waals surface area contributed by atoms with Crippen LogP contribution >= 0.6 is 0 Å². The molecule has 0 bridgehead atoms. The van der Waals surface area contributed by atoms with Crippen molar-refractivity contribution in [1.82, 2.24) is 14.8 Å². The third kappa shape index (κ3) is 2.50. The summed E-state index contributed by atoms with van der Waals surface area (Å²) < 4.78 is 1.86. The van der Waals surface area contributed by atoms with Crippen molar-refractivity contribution < 1.29 is 9.59 Å². The molecule has 0 radical (unpaired) electrons. The van der Waals surface area contributed by atoms with E-state index in [-0.39, 0.29) is 17.9 Å². The summed E-state index contributed by atoms with van der Waals surface area (Å²) in [7, 11) is 0. The molecule has 1 aromatic heterocycles. The molecule has 0 saturated carbocycles. The number of piperazine rings is 1. The van der Waals surface area contributed by atoms with Gasteiger partial charge in [0.1, 0.15) is 11.7 Å². The lowest BCUT2D eigenvalue weighted by atomic mass is 10.1. The number of rotatable bonds is 3. The average Bonchev–Trinajstić information content (AvgIpc) is 2.80. The summed E-state index contributed by atoms with van der Waals surface area (Å²) in [6, 6.07) is 1.43. The lowest BCUT2D eigenvalue weighted by Gasteiger charge is -2.34. The van der Waals surface area contributed by atoms with Gasteiger partial charge in [-0.2, -0.15) is 0 Å². The summed E-state index contributed by atoms with van der Waals surface area (Å²) in [5, 5.41) is 2.80. The van der Waals surface area contributed by atoms with Gasteiger partial charge in [-0.05, 0) is 26.3 Å². The van der Waals surface area contributed by atoms with E-state index in [0.717, 1.165) is 0 Å². The number of carbonyl (C=O) groups excluding carboxylic acids is 2. The number of carbonyl (C=O) groups is 2. The summed E-state index contributed by atoms with van der Waals surface area (Å²) in [5.41, 5.74) is 6.92. The van der Waals surface area contributed by atoms with Crippen molar-refractivity contribution in [3.63, 3.8) is 0 Å². The molecule has 110 valence electrons. The molecule has 1 fully saturated rings. The van der Waals surface area contributed by atoms with Gasteiger partial charge in [0.2, 0.25) is 5.91 Å². The highest BCUT2D eigenvalue weighted by Crippen LogP contribution is 2.20. The average molecular weight is 278 g/mol.